The van der Waals surface area contributed by atoms with Crippen LogP contribution < -0.4 is 4.90 Å². The molecule has 2 atom stereocenters. The minimum absolute atomic E-state index is 0.752. The maximum atomic E-state index is 4.28. The molecular formula is C10H13N3. The second-order valence-electron chi connectivity index (χ2n) is 3.96. The number of hydrogen-bond acceptors (Lipinski definition) is 3. The number of hydrogen-bond donors (Lipinski definition) is 0. The van der Waals surface area contributed by atoms with Gasteiger partial charge in [-0.2, -0.15) is 0 Å². The Morgan fingerprint density at radius 3 is 2.85 bits per heavy atom. The van der Waals surface area contributed by atoms with Gasteiger partial charge in [-0.15, -0.1) is 0 Å². The highest BCUT2D eigenvalue weighted by Crippen LogP contribution is 2.40. The third-order valence-corrected chi connectivity index (χ3v) is 3.26. The molecule has 2 fully saturated rings. The van der Waals surface area contributed by atoms with Crippen LogP contribution in [0.5, 0.6) is 0 Å². The van der Waals surface area contributed by atoms with Crippen molar-refractivity contribution in [3.63, 3.8) is 0 Å². The molecule has 3 nitrogen and oxygen atoms in total. The van der Waals surface area contributed by atoms with Crippen molar-refractivity contribution in [1.29, 1.82) is 0 Å². The van der Waals surface area contributed by atoms with Gasteiger partial charge in [0.15, 0.2) is 0 Å². The van der Waals surface area contributed by atoms with E-state index in [0.717, 1.165) is 17.9 Å². The topological polar surface area (TPSA) is 29.0 Å². The van der Waals surface area contributed by atoms with E-state index in [2.05, 4.69) is 14.9 Å². The number of rotatable bonds is 1. The summed E-state index contributed by atoms with van der Waals surface area (Å²) in [7, 11) is 0. The van der Waals surface area contributed by atoms with Gasteiger partial charge in [-0.1, -0.05) is 6.42 Å². The molecule has 1 saturated heterocycles. The summed E-state index contributed by atoms with van der Waals surface area (Å²) >= 11 is 0. The molecule has 0 radical (unpaired) electrons. The van der Waals surface area contributed by atoms with Crippen LogP contribution in [0, 0.1) is 5.92 Å². The quantitative estimate of drug-likeness (QED) is 0.647. The molecular weight excluding hydrogens is 162 g/mol. The van der Waals surface area contributed by atoms with Crippen molar-refractivity contribution in [2.75, 3.05) is 11.4 Å². The maximum Gasteiger partial charge on any atom is 0.225 e. The first-order chi connectivity index (χ1) is 6.45. The third kappa shape index (κ3) is 1.03. The van der Waals surface area contributed by atoms with Gasteiger partial charge >= 0.3 is 0 Å². The van der Waals surface area contributed by atoms with Crippen molar-refractivity contribution >= 4 is 5.95 Å². The van der Waals surface area contributed by atoms with Crippen LogP contribution >= 0.6 is 0 Å². The normalized spacial score (nSPS) is 31.2. The van der Waals surface area contributed by atoms with Crippen LogP contribution in [0.15, 0.2) is 18.5 Å². The molecule has 0 spiro atoms. The first kappa shape index (κ1) is 7.30. The first-order valence-electron chi connectivity index (χ1n) is 4.99. The summed E-state index contributed by atoms with van der Waals surface area (Å²) < 4.78 is 0. The minimum Gasteiger partial charge on any atom is -0.337 e. The molecule has 13 heavy (non-hydrogen) atoms. The Labute approximate surface area is 77.8 Å². The molecule has 1 aliphatic heterocycles. The predicted octanol–water partition coefficient (Wildman–Crippen LogP) is 1.47. The number of fused-ring (bicyclic) bond motifs is 1. The van der Waals surface area contributed by atoms with E-state index in [4.69, 9.17) is 0 Å². The smallest absolute Gasteiger partial charge is 0.225 e. The summed E-state index contributed by atoms with van der Waals surface area (Å²) in [5.41, 5.74) is 0. The molecule has 1 aromatic rings. The minimum atomic E-state index is 0.752. The lowest BCUT2D eigenvalue weighted by Gasteiger charge is -2.44. The molecule has 2 heterocycles. The van der Waals surface area contributed by atoms with Crippen molar-refractivity contribution in [1.82, 2.24) is 9.97 Å². The second kappa shape index (κ2) is 2.69. The Morgan fingerprint density at radius 1 is 1.23 bits per heavy atom. The van der Waals surface area contributed by atoms with E-state index in [0.29, 0.717) is 0 Å². The van der Waals surface area contributed by atoms with Crippen LogP contribution in [0.2, 0.25) is 0 Å². The van der Waals surface area contributed by atoms with Crippen molar-refractivity contribution < 1.29 is 0 Å². The SMILES string of the molecule is c1cnc(N2CC3CCCC32)nc1. The highest BCUT2D eigenvalue weighted by molar-refractivity contribution is 5.37. The third-order valence-electron chi connectivity index (χ3n) is 3.26. The number of aromatic nitrogens is 2. The Morgan fingerprint density at radius 2 is 2.08 bits per heavy atom. The molecule has 3 rings (SSSR count). The summed E-state index contributed by atoms with van der Waals surface area (Å²) in [4.78, 5) is 10.9. The van der Waals surface area contributed by atoms with Gasteiger partial charge in [-0.3, -0.25) is 0 Å². The summed E-state index contributed by atoms with van der Waals surface area (Å²) in [5, 5.41) is 0. The van der Waals surface area contributed by atoms with Crippen molar-refractivity contribution in [3.8, 4) is 0 Å². The van der Waals surface area contributed by atoms with Crippen molar-refractivity contribution in [2.24, 2.45) is 5.92 Å². The summed E-state index contributed by atoms with van der Waals surface area (Å²) in [5.74, 6) is 1.86. The van der Waals surface area contributed by atoms with Crippen LogP contribution in [0.25, 0.3) is 0 Å². The van der Waals surface area contributed by atoms with E-state index in [1.165, 1.54) is 25.8 Å². The molecule has 2 unspecified atom stereocenters. The van der Waals surface area contributed by atoms with Gasteiger partial charge in [-0.25, -0.2) is 9.97 Å². The van der Waals surface area contributed by atoms with Crippen molar-refractivity contribution in [2.45, 2.75) is 25.3 Å². The van der Waals surface area contributed by atoms with Gasteiger partial charge in [0.25, 0.3) is 0 Å². The van der Waals surface area contributed by atoms with E-state index >= 15 is 0 Å². The van der Waals surface area contributed by atoms with Gasteiger partial charge in [0.2, 0.25) is 5.95 Å². The van der Waals surface area contributed by atoms with E-state index < -0.39 is 0 Å². The lowest BCUT2D eigenvalue weighted by Crippen LogP contribution is -2.54. The summed E-state index contributed by atoms with van der Waals surface area (Å²) in [6.07, 6.45) is 7.78. The van der Waals surface area contributed by atoms with Crippen LogP contribution in [-0.4, -0.2) is 22.6 Å². The van der Waals surface area contributed by atoms with E-state index in [-0.39, 0.29) is 0 Å². The lowest BCUT2D eigenvalue weighted by atomic mass is 9.93. The van der Waals surface area contributed by atoms with Gasteiger partial charge in [-0.05, 0) is 24.8 Å². The average molecular weight is 175 g/mol. The molecule has 68 valence electrons. The Kier molecular flexibility index (Phi) is 1.51. The van der Waals surface area contributed by atoms with Gasteiger partial charge in [0.1, 0.15) is 0 Å². The van der Waals surface area contributed by atoms with E-state index in [1.54, 1.807) is 0 Å². The summed E-state index contributed by atoms with van der Waals surface area (Å²) in [6.45, 7) is 1.18. The standard InChI is InChI=1S/C10H13N3/c1-3-8-7-13(9(8)4-1)10-11-5-2-6-12-10/h2,5-6,8-9H,1,3-4,7H2. The zero-order chi connectivity index (χ0) is 8.67. The molecule has 1 saturated carbocycles. The van der Waals surface area contributed by atoms with Gasteiger partial charge in [0.05, 0.1) is 0 Å². The monoisotopic (exact) mass is 175 g/mol. The van der Waals surface area contributed by atoms with Gasteiger partial charge in [0, 0.05) is 25.0 Å². The van der Waals surface area contributed by atoms with Gasteiger partial charge < -0.3 is 4.90 Å². The van der Waals surface area contributed by atoms with E-state index in [1.807, 2.05) is 18.5 Å². The van der Waals surface area contributed by atoms with Crippen LogP contribution in [0.1, 0.15) is 19.3 Å². The Hall–Kier alpha value is -1.12. The van der Waals surface area contributed by atoms with Crippen LogP contribution in [0.3, 0.4) is 0 Å². The number of nitrogens with zero attached hydrogens (tertiary/aromatic N) is 3. The summed E-state index contributed by atoms with van der Waals surface area (Å²) in [6, 6.07) is 2.62. The highest BCUT2D eigenvalue weighted by Gasteiger charge is 2.42. The first-order valence-corrected chi connectivity index (χ1v) is 4.99. The molecule has 2 aliphatic rings. The zero-order valence-corrected chi connectivity index (χ0v) is 7.56. The molecule has 0 aromatic carbocycles. The average Bonchev–Trinajstić information content (AvgIpc) is 2.50. The molecule has 3 heteroatoms. The van der Waals surface area contributed by atoms with Crippen LogP contribution in [-0.2, 0) is 0 Å². The molecule has 1 aliphatic carbocycles. The number of anilines is 1. The Balaban J connectivity index is 1.81. The highest BCUT2D eigenvalue weighted by atomic mass is 15.3. The largest absolute Gasteiger partial charge is 0.337 e. The predicted molar refractivity (Wildman–Crippen MR) is 50.5 cm³/mol. The fraction of sp³-hybridized carbons (Fsp3) is 0.600. The zero-order valence-electron chi connectivity index (χ0n) is 7.56. The fourth-order valence-electron chi connectivity index (χ4n) is 2.56. The maximum absolute atomic E-state index is 4.28. The Bertz CT molecular complexity index is 298. The fourth-order valence-corrected chi connectivity index (χ4v) is 2.56. The lowest BCUT2D eigenvalue weighted by molar-refractivity contribution is 0.333. The molecule has 0 N–H and O–H groups in total. The van der Waals surface area contributed by atoms with Crippen LogP contribution in [0.4, 0.5) is 5.95 Å². The second-order valence-corrected chi connectivity index (χ2v) is 3.96. The van der Waals surface area contributed by atoms with E-state index in [9.17, 15) is 0 Å². The molecule has 1 aromatic heterocycles. The molecule has 0 bridgehead atoms. The van der Waals surface area contributed by atoms with Crippen molar-refractivity contribution in [3.05, 3.63) is 18.5 Å². The molecule has 0 amide bonds.